The lowest BCUT2D eigenvalue weighted by Crippen LogP contribution is -2.42. The molecule has 0 aliphatic carbocycles. The highest BCUT2D eigenvalue weighted by Gasteiger charge is 2.33. The van der Waals surface area contributed by atoms with E-state index in [1.807, 2.05) is 34.3 Å². The molecule has 0 spiro atoms. The lowest BCUT2D eigenvalue weighted by molar-refractivity contribution is -0.124. The first-order valence-corrected chi connectivity index (χ1v) is 9.76. The number of amides is 1. The Hall–Kier alpha value is -2.35. The van der Waals surface area contributed by atoms with Gasteiger partial charge in [-0.2, -0.15) is 11.3 Å². The quantitative estimate of drug-likeness (QED) is 0.621. The molecule has 2 N–H and O–H groups in total. The van der Waals surface area contributed by atoms with Crippen LogP contribution in [0.25, 0.3) is 0 Å². The minimum atomic E-state index is -1.25. The Morgan fingerprint density at radius 2 is 2.04 bits per heavy atom. The summed E-state index contributed by atoms with van der Waals surface area (Å²) in [6.45, 7) is -0.0676. The SMILES string of the molecule is COc1cccc(OCC(=O)NCC(O)(c2ccsc2)c2cccs2)c1. The van der Waals surface area contributed by atoms with E-state index < -0.39 is 5.60 Å². The molecule has 2 heterocycles. The summed E-state index contributed by atoms with van der Waals surface area (Å²) < 4.78 is 10.6. The average Bonchev–Trinajstić information content (AvgIpc) is 3.39. The fraction of sp³-hybridized carbons (Fsp3) is 0.211. The van der Waals surface area contributed by atoms with Crippen LogP contribution in [0, 0.1) is 0 Å². The number of ether oxygens (including phenoxy) is 2. The van der Waals surface area contributed by atoms with Crippen LogP contribution in [0.5, 0.6) is 11.5 Å². The number of aliphatic hydroxyl groups is 1. The third-order valence-electron chi connectivity index (χ3n) is 3.88. The van der Waals surface area contributed by atoms with Crippen molar-refractivity contribution >= 4 is 28.6 Å². The molecule has 136 valence electrons. The van der Waals surface area contributed by atoms with Crippen LogP contribution in [0.2, 0.25) is 0 Å². The third kappa shape index (κ3) is 4.24. The van der Waals surface area contributed by atoms with Crippen molar-refractivity contribution in [1.29, 1.82) is 0 Å². The van der Waals surface area contributed by atoms with Gasteiger partial charge in [0.15, 0.2) is 6.61 Å². The molecule has 0 saturated heterocycles. The fourth-order valence-electron chi connectivity index (χ4n) is 2.46. The summed E-state index contributed by atoms with van der Waals surface area (Å²) in [4.78, 5) is 13.0. The maximum atomic E-state index is 12.2. The first-order chi connectivity index (χ1) is 12.6. The highest BCUT2D eigenvalue weighted by atomic mass is 32.1. The van der Waals surface area contributed by atoms with E-state index in [2.05, 4.69) is 5.32 Å². The summed E-state index contributed by atoms with van der Waals surface area (Å²) in [6, 6.07) is 12.7. The predicted octanol–water partition coefficient (Wildman–Crippen LogP) is 3.25. The molecule has 3 rings (SSSR count). The summed E-state index contributed by atoms with van der Waals surface area (Å²) >= 11 is 2.96. The van der Waals surface area contributed by atoms with Crippen molar-refractivity contribution in [3.63, 3.8) is 0 Å². The molecule has 1 unspecified atom stereocenters. The van der Waals surface area contributed by atoms with Crippen LogP contribution >= 0.6 is 22.7 Å². The molecular formula is C19H19NO4S2. The largest absolute Gasteiger partial charge is 0.497 e. The fourth-order valence-corrected chi connectivity index (χ4v) is 4.03. The van der Waals surface area contributed by atoms with Gasteiger partial charge in [-0.3, -0.25) is 4.79 Å². The number of carbonyl (C=O) groups is 1. The van der Waals surface area contributed by atoms with Crippen LogP contribution in [0.15, 0.2) is 58.6 Å². The van der Waals surface area contributed by atoms with Gasteiger partial charge in [-0.15, -0.1) is 11.3 Å². The van der Waals surface area contributed by atoms with Crippen molar-refractivity contribution in [3.05, 3.63) is 69.0 Å². The second-order valence-electron chi connectivity index (χ2n) is 5.59. The average molecular weight is 389 g/mol. The summed E-state index contributed by atoms with van der Waals surface area (Å²) in [5.74, 6) is 0.899. The second-order valence-corrected chi connectivity index (χ2v) is 7.32. The smallest absolute Gasteiger partial charge is 0.258 e. The standard InChI is InChI=1S/C19H19NO4S2/c1-23-15-4-2-5-16(10-15)24-11-18(21)20-13-19(22,14-7-9-25-12-14)17-6-3-8-26-17/h2-10,12,22H,11,13H2,1H3,(H,20,21). The van der Waals surface area contributed by atoms with Gasteiger partial charge in [0.2, 0.25) is 0 Å². The Labute approximate surface area is 159 Å². The Kier molecular flexibility index (Phi) is 5.92. The van der Waals surface area contributed by atoms with Crippen molar-refractivity contribution < 1.29 is 19.4 Å². The topological polar surface area (TPSA) is 67.8 Å². The van der Waals surface area contributed by atoms with Crippen molar-refractivity contribution in [2.24, 2.45) is 0 Å². The molecule has 1 atom stereocenters. The second kappa shape index (κ2) is 8.35. The minimum Gasteiger partial charge on any atom is -0.497 e. The van der Waals surface area contributed by atoms with Gasteiger partial charge in [0, 0.05) is 16.5 Å². The minimum absolute atomic E-state index is 0.0740. The van der Waals surface area contributed by atoms with E-state index in [4.69, 9.17) is 9.47 Å². The Morgan fingerprint density at radius 1 is 1.19 bits per heavy atom. The molecule has 0 fully saturated rings. The highest BCUT2D eigenvalue weighted by Crippen LogP contribution is 2.33. The predicted molar refractivity (Wildman–Crippen MR) is 103 cm³/mol. The number of thiophene rings is 2. The molecule has 3 aromatic rings. The number of hydrogen-bond acceptors (Lipinski definition) is 6. The zero-order chi connectivity index (χ0) is 18.4. The van der Waals surface area contributed by atoms with Crippen LogP contribution in [-0.4, -0.2) is 31.3 Å². The molecule has 0 aliphatic rings. The molecule has 26 heavy (non-hydrogen) atoms. The molecule has 0 bridgehead atoms. The number of nitrogens with one attached hydrogen (secondary N) is 1. The number of benzene rings is 1. The molecule has 5 nitrogen and oxygen atoms in total. The molecule has 0 saturated carbocycles. The van der Waals surface area contributed by atoms with Gasteiger partial charge < -0.3 is 19.9 Å². The third-order valence-corrected chi connectivity index (χ3v) is 5.58. The first kappa shape index (κ1) is 18.4. The lowest BCUT2D eigenvalue weighted by Gasteiger charge is -2.27. The van der Waals surface area contributed by atoms with Crippen LogP contribution in [-0.2, 0) is 10.4 Å². The maximum absolute atomic E-state index is 12.2. The van der Waals surface area contributed by atoms with E-state index >= 15 is 0 Å². The summed E-state index contributed by atoms with van der Waals surface area (Å²) in [6.07, 6.45) is 0. The molecule has 0 radical (unpaired) electrons. The normalized spacial score (nSPS) is 13.0. The van der Waals surface area contributed by atoms with E-state index in [1.54, 1.807) is 31.4 Å². The van der Waals surface area contributed by atoms with E-state index in [-0.39, 0.29) is 19.1 Å². The number of hydrogen-bond donors (Lipinski definition) is 2. The monoisotopic (exact) mass is 389 g/mol. The molecule has 1 aromatic carbocycles. The van der Waals surface area contributed by atoms with E-state index in [0.717, 1.165) is 10.4 Å². The van der Waals surface area contributed by atoms with Gasteiger partial charge in [0.1, 0.15) is 17.1 Å². The number of methoxy groups -OCH3 is 1. The lowest BCUT2D eigenvalue weighted by atomic mass is 9.94. The van der Waals surface area contributed by atoms with Crippen LogP contribution in [0.3, 0.4) is 0 Å². The van der Waals surface area contributed by atoms with Crippen molar-refractivity contribution in [1.82, 2.24) is 5.32 Å². The van der Waals surface area contributed by atoms with Gasteiger partial charge >= 0.3 is 0 Å². The van der Waals surface area contributed by atoms with Gasteiger partial charge in [0.25, 0.3) is 5.91 Å². The zero-order valence-electron chi connectivity index (χ0n) is 14.2. The van der Waals surface area contributed by atoms with E-state index in [9.17, 15) is 9.90 Å². The Morgan fingerprint density at radius 3 is 2.73 bits per heavy atom. The molecule has 1 amide bonds. The Bertz CT molecular complexity index is 797. The summed E-state index contributed by atoms with van der Waals surface area (Å²) in [5.41, 5.74) is -0.487. The molecule has 7 heteroatoms. The van der Waals surface area contributed by atoms with E-state index in [0.29, 0.717) is 11.5 Å². The maximum Gasteiger partial charge on any atom is 0.258 e. The van der Waals surface area contributed by atoms with Crippen molar-refractivity contribution in [2.45, 2.75) is 5.60 Å². The summed E-state index contributed by atoms with van der Waals surface area (Å²) in [5, 5.41) is 19.6. The van der Waals surface area contributed by atoms with Crippen LogP contribution in [0.4, 0.5) is 0 Å². The highest BCUT2D eigenvalue weighted by molar-refractivity contribution is 7.10. The molecular weight excluding hydrogens is 370 g/mol. The molecule has 2 aromatic heterocycles. The van der Waals surface area contributed by atoms with Gasteiger partial charge in [-0.1, -0.05) is 12.1 Å². The van der Waals surface area contributed by atoms with Crippen LogP contribution in [0.1, 0.15) is 10.4 Å². The van der Waals surface area contributed by atoms with Crippen LogP contribution < -0.4 is 14.8 Å². The number of rotatable bonds is 8. The van der Waals surface area contributed by atoms with Crippen molar-refractivity contribution in [2.75, 3.05) is 20.3 Å². The summed E-state index contributed by atoms with van der Waals surface area (Å²) in [7, 11) is 1.57. The van der Waals surface area contributed by atoms with Gasteiger partial charge in [-0.05, 0) is 40.4 Å². The Balaban J connectivity index is 1.61. The van der Waals surface area contributed by atoms with Crippen molar-refractivity contribution in [3.8, 4) is 11.5 Å². The van der Waals surface area contributed by atoms with E-state index in [1.165, 1.54) is 22.7 Å². The first-order valence-electron chi connectivity index (χ1n) is 7.94. The number of carbonyl (C=O) groups excluding carboxylic acids is 1. The zero-order valence-corrected chi connectivity index (χ0v) is 15.8. The van der Waals surface area contributed by atoms with Gasteiger partial charge in [-0.25, -0.2) is 0 Å². The van der Waals surface area contributed by atoms with Gasteiger partial charge in [0.05, 0.1) is 13.7 Å². The molecule has 0 aliphatic heterocycles.